The van der Waals surface area contributed by atoms with Crippen molar-refractivity contribution < 1.29 is 65.8 Å². The Morgan fingerprint density at radius 1 is 1.64 bits per heavy atom. The van der Waals surface area contributed by atoms with E-state index in [-0.39, 0.29) is 62.0 Å². The van der Waals surface area contributed by atoms with Gasteiger partial charge in [-0.25, -0.2) is 0 Å². The second-order valence-corrected chi connectivity index (χ2v) is 4.44. The normalized spacial score (nSPS) is 10.7. The first kappa shape index (κ1) is 12.5. The van der Waals surface area contributed by atoms with Crippen LogP contribution < -0.4 is 51.4 Å². The van der Waals surface area contributed by atoms with Crippen LogP contribution in [-0.2, 0) is 10.1 Å². The predicted molar refractivity (Wildman–Crippen MR) is 40.3 cm³/mol. The fourth-order valence-electron chi connectivity index (χ4n) is 0.467. The van der Waals surface area contributed by atoms with Gasteiger partial charge in [-0.1, -0.05) is 11.6 Å². The van der Waals surface area contributed by atoms with Gasteiger partial charge < -0.3 is 1.43 Å². The summed E-state index contributed by atoms with van der Waals surface area (Å²) in [7, 11) is -4.11. The monoisotopic (exact) mass is 238 g/mol. The number of thiophene rings is 1. The molecule has 7 heteroatoms. The second-order valence-electron chi connectivity index (χ2n) is 1.53. The van der Waals surface area contributed by atoms with Crippen molar-refractivity contribution in [1.82, 2.24) is 0 Å². The fourth-order valence-corrected chi connectivity index (χ4v) is 2.47. The van der Waals surface area contributed by atoms with E-state index in [1.54, 1.807) is 0 Å². The number of halogens is 1. The Hall–Kier alpha value is 1.54. The maximum absolute atomic E-state index is 10.4. The first-order chi connectivity index (χ1) is 4.52. The molecular weight excluding hydrogens is 235 g/mol. The quantitative estimate of drug-likeness (QED) is 0.492. The fraction of sp³-hybridized carbons (Fsp3) is 0. The van der Waals surface area contributed by atoms with Crippen LogP contribution in [0.25, 0.3) is 0 Å². The van der Waals surface area contributed by atoms with Gasteiger partial charge in [0.25, 0.3) is 10.1 Å². The van der Waals surface area contributed by atoms with Gasteiger partial charge in [0.2, 0.25) is 0 Å². The minimum absolute atomic E-state index is 0. The molecule has 0 saturated carbocycles. The van der Waals surface area contributed by atoms with Gasteiger partial charge in [0.15, 0.2) is 0 Å². The molecule has 0 aromatic carbocycles. The molecule has 3 nitrogen and oxygen atoms in total. The van der Waals surface area contributed by atoms with Crippen LogP contribution in [0, 0.1) is 0 Å². The molecule has 0 spiro atoms. The van der Waals surface area contributed by atoms with Crippen LogP contribution in [0.3, 0.4) is 0 Å². The number of hydrogen-bond donors (Lipinski definition) is 1. The summed E-state index contributed by atoms with van der Waals surface area (Å²) in [4.78, 5) is -0.223. The van der Waals surface area contributed by atoms with Crippen LogP contribution in [0.5, 0.6) is 0 Å². The molecule has 0 amide bonds. The zero-order chi connectivity index (χ0) is 7.78. The summed E-state index contributed by atoms with van der Waals surface area (Å²) >= 11 is 6.46. The largest absolute Gasteiger partial charge is 1.00 e. The molecule has 58 valence electrons. The molecule has 1 aromatic heterocycles. The molecule has 0 aliphatic carbocycles. The van der Waals surface area contributed by atoms with Crippen molar-refractivity contribution in [3.05, 3.63) is 15.8 Å². The molecule has 0 unspecified atom stereocenters. The average molecular weight is 239 g/mol. The second kappa shape index (κ2) is 4.68. The van der Waals surface area contributed by atoms with E-state index in [1.165, 1.54) is 11.4 Å². The Morgan fingerprint density at radius 2 is 2.18 bits per heavy atom. The van der Waals surface area contributed by atoms with E-state index in [9.17, 15) is 8.42 Å². The molecule has 0 bridgehead atoms. The standard InChI is InChI=1S/C4H3ClO3S2.K.H/c5-4-3(1-2-9-4)10(6,7)8;;/h1-2H,(H,6,7,8);;/q;+1;-1. The van der Waals surface area contributed by atoms with E-state index in [0.29, 0.717) is 0 Å². The molecule has 1 aromatic rings. The van der Waals surface area contributed by atoms with Crippen molar-refractivity contribution in [3.63, 3.8) is 0 Å². The zero-order valence-electron chi connectivity index (χ0n) is 6.61. The van der Waals surface area contributed by atoms with E-state index >= 15 is 0 Å². The summed E-state index contributed by atoms with van der Waals surface area (Å²) in [6.07, 6.45) is 0. The summed E-state index contributed by atoms with van der Waals surface area (Å²) in [5.41, 5.74) is 0. The van der Waals surface area contributed by atoms with Crippen molar-refractivity contribution in [2.24, 2.45) is 0 Å². The van der Waals surface area contributed by atoms with Crippen molar-refractivity contribution >= 4 is 33.1 Å². The first-order valence-electron chi connectivity index (χ1n) is 2.22. The number of hydrogen-bond acceptors (Lipinski definition) is 3. The van der Waals surface area contributed by atoms with E-state index in [1.807, 2.05) is 0 Å². The third-order valence-corrected chi connectivity index (χ3v) is 3.17. The SMILES string of the molecule is O=S(=O)(O)c1ccsc1Cl.[H-].[K+]. The van der Waals surface area contributed by atoms with E-state index < -0.39 is 10.1 Å². The van der Waals surface area contributed by atoms with Gasteiger partial charge in [-0.15, -0.1) is 11.3 Å². The van der Waals surface area contributed by atoms with Crippen molar-refractivity contribution in [1.29, 1.82) is 0 Å². The topological polar surface area (TPSA) is 54.4 Å². The Morgan fingerprint density at radius 3 is 2.36 bits per heavy atom. The van der Waals surface area contributed by atoms with E-state index in [4.69, 9.17) is 16.2 Å². The minimum Gasteiger partial charge on any atom is -1.00 e. The third-order valence-electron chi connectivity index (χ3n) is 0.863. The smallest absolute Gasteiger partial charge is 1.00 e. The van der Waals surface area contributed by atoms with E-state index in [2.05, 4.69) is 0 Å². The minimum atomic E-state index is -4.11. The van der Waals surface area contributed by atoms with Crippen molar-refractivity contribution in [2.45, 2.75) is 4.90 Å². The van der Waals surface area contributed by atoms with Gasteiger partial charge in [-0.05, 0) is 11.4 Å². The van der Waals surface area contributed by atoms with Gasteiger partial charge in [-0.2, -0.15) is 8.42 Å². The molecule has 0 aliphatic heterocycles. The summed E-state index contributed by atoms with van der Waals surface area (Å²) < 4.78 is 29.3. The van der Waals surface area contributed by atoms with Crippen LogP contribution >= 0.6 is 22.9 Å². The maximum atomic E-state index is 10.4. The molecule has 0 fully saturated rings. The van der Waals surface area contributed by atoms with Gasteiger partial charge in [-0.3, -0.25) is 4.55 Å². The Labute approximate surface area is 117 Å². The predicted octanol–water partition coefficient (Wildman–Crippen LogP) is -1.24. The van der Waals surface area contributed by atoms with Crippen LogP contribution in [-0.4, -0.2) is 13.0 Å². The third kappa shape index (κ3) is 3.41. The van der Waals surface area contributed by atoms with Crippen LogP contribution in [0.15, 0.2) is 16.3 Å². The average Bonchev–Trinajstić information content (AvgIpc) is 2.11. The van der Waals surface area contributed by atoms with Crippen molar-refractivity contribution in [3.8, 4) is 0 Å². The van der Waals surface area contributed by atoms with Crippen LogP contribution in [0.2, 0.25) is 4.34 Å². The Kier molecular flexibility index (Phi) is 5.34. The van der Waals surface area contributed by atoms with Crippen molar-refractivity contribution in [2.75, 3.05) is 0 Å². The molecule has 1 heterocycles. The summed E-state index contributed by atoms with van der Waals surface area (Å²) in [6.45, 7) is 0. The van der Waals surface area contributed by atoms with Gasteiger partial charge >= 0.3 is 51.4 Å². The Balaban J connectivity index is 0. The first-order valence-corrected chi connectivity index (χ1v) is 4.92. The molecule has 1 rings (SSSR count). The molecule has 0 aliphatic rings. The van der Waals surface area contributed by atoms with Crippen LogP contribution in [0.1, 0.15) is 1.43 Å². The molecule has 11 heavy (non-hydrogen) atoms. The molecule has 0 saturated heterocycles. The summed E-state index contributed by atoms with van der Waals surface area (Å²) in [5.74, 6) is 0. The molecule has 0 atom stereocenters. The maximum Gasteiger partial charge on any atom is 1.00 e. The summed E-state index contributed by atoms with van der Waals surface area (Å²) in [5, 5.41) is 1.49. The van der Waals surface area contributed by atoms with Gasteiger partial charge in [0.1, 0.15) is 9.23 Å². The molecule has 1 N–H and O–H groups in total. The number of rotatable bonds is 1. The molecule has 0 radical (unpaired) electrons. The van der Waals surface area contributed by atoms with Crippen LogP contribution in [0.4, 0.5) is 0 Å². The van der Waals surface area contributed by atoms with E-state index in [0.717, 1.165) is 11.3 Å². The van der Waals surface area contributed by atoms with Gasteiger partial charge in [0, 0.05) is 0 Å². The van der Waals surface area contributed by atoms with Gasteiger partial charge in [0.05, 0.1) is 0 Å². The summed E-state index contributed by atoms with van der Waals surface area (Å²) in [6, 6.07) is 1.25. The molecular formula is C4H4ClKO3S2. The Bertz CT molecular complexity index is 336. The zero-order valence-corrected chi connectivity index (χ0v) is 11.1.